The zero-order valence-electron chi connectivity index (χ0n) is 12.0. The molecule has 0 aromatic heterocycles. The molecule has 21 heavy (non-hydrogen) atoms. The van der Waals surface area contributed by atoms with Crippen molar-refractivity contribution in [1.29, 1.82) is 0 Å². The normalized spacial score (nSPS) is 43.1. The SMILES string of the molecule is O=S(=O)(c1ccccc1)[C@@H]1C[C@@]23C[C@H]1C=C2[C@H]1CC[C@H]3C1. The first-order valence-corrected chi connectivity index (χ1v) is 9.67. The topological polar surface area (TPSA) is 34.1 Å². The molecule has 0 saturated heterocycles. The van der Waals surface area contributed by atoms with Crippen molar-refractivity contribution in [3.05, 3.63) is 42.0 Å². The monoisotopic (exact) mass is 300 g/mol. The average Bonchev–Trinajstić information content (AvgIpc) is 3.24. The second-order valence-electron chi connectivity index (χ2n) is 7.45. The molecule has 3 fully saturated rings. The van der Waals surface area contributed by atoms with Crippen LogP contribution in [0.15, 0.2) is 46.9 Å². The van der Waals surface area contributed by atoms with E-state index in [4.69, 9.17) is 0 Å². The van der Waals surface area contributed by atoms with Crippen LogP contribution in [0.25, 0.3) is 0 Å². The van der Waals surface area contributed by atoms with E-state index in [0.717, 1.165) is 24.7 Å². The minimum atomic E-state index is -3.17. The van der Waals surface area contributed by atoms with Gasteiger partial charge in [0, 0.05) is 0 Å². The molecular weight excluding hydrogens is 280 g/mol. The third-order valence-corrected chi connectivity index (χ3v) is 8.98. The summed E-state index contributed by atoms with van der Waals surface area (Å²) in [5.41, 5.74) is 1.93. The van der Waals surface area contributed by atoms with Crippen molar-refractivity contribution in [3.63, 3.8) is 0 Å². The summed E-state index contributed by atoms with van der Waals surface area (Å²) in [5, 5.41) is -0.178. The standard InChI is InChI=1S/C18H20O2S/c19-21(20,15-4-2-1-3-5-15)17-11-18-10-13(17)9-16(18)12-6-7-14(18)8-12/h1-5,9,12-14,17H,6-8,10-11H2/t12-,13+,14-,17+,18+/m0/s1. The van der Waals surface area contributed by atoms with E-state index in [-0.39, 0.29) is 16.6 Å². The van der Waals surface area contributed by atoms with Crippen molar-refractivity contribution < 1.29 is 8.42 Å². The summed E-state index contributed by atoms with van der Waals surface area (Å²) in [4.78, 5) is 0.511. The summed E-state index contributed by atoms with van der Waals surface area (Å²) in [6.07, 6.45) is 8.38. The highest BCUT2D eigenvalue weighted by atomic mass is 32.2. The molecule has 0 aliphatic heterocycles. The Balaban J connectivity index is 1.56. The van der Waals surface area contributed by atoms with Crippen LogP contribution in [0.3, 0.4) is 0 Å². The van der Waals surface area contributed by atoms with E-state index in [1.165, 1.54) is 19.3 Å². The number of hydrogen-bond acceptors (Lipinski definition) is 2. The molecule has 5 atom stereocenters. The first-order chi connectivity index (χ1) is 10.1. The lowest BCUT2D eigenvalue weighted by Crippen LogP contribution is -2.32. The molecular formula is C18H20O2S. The van der Waals surface area contributed by atoms with E-state index in [1.54, 1.807) is 17.7 Å². The molecule has 0 radical (unpaired) electrons. The molecule has 3 heteroatoms. The highest BCUT2D eigenvalue weighted by Crippen LogP contribution is 2.71. The molecule has 0 N–H and O–H groups in total. The zero-order valence-corrected chi connectivity index (χ0v) is 12.9. The summed E-state index contributed by atoms with van der Waals surface area (Å²) in [6, 6.07) is 9.05. The predicted molar refractivity (Wildman–Crippen MR) is 81.5 cm³/mol. The molecule has 1 spiro atoms. The van der Waals surface area contributed by atoms with E-state index >= 15 is 0 Å². The van der Waals surface area contributed by atoms with E-state index in [9.17, 15) is 8.42 Å². The Morgan fingerprint density at radius 3 is 2.67 bits per heavy atom. The number of fused-ring (bicyclic) bond motifs is 4. The highest BCUT2D eigenvalue weighted by molar-refractivity contribution is 7.92. The molecule has 5 rings (SSSR count). The molecule has 1 aromatic carbocycles. The number of sulfone groups is 1. The molecule has 1 aromatic rings. The quantitative estimate of drug-likeness (QED) is 0.782. The van der Waals surface area contributed by atoms with Crippen LogP contribution in [0.4, 0.5) is 0 Å². The molecule has 0 amide bonds. The van der Waals surface area contributed by atoms with E-state index in [2.05, 4.69) is 6.08 Å². The van der Waals surface area contributed by atoms with Gasteiger partial charge in [-0.05, 0) is 67.4 Å². The van der Waals surface area contributed by atoms with Gasteiger partial charge in [-0.1, -0.05) is 29.8 Å². The van der Waals surface area contributed by atoms with Gasteiger partial charge in [-0.15, -0.1) is 0 Å². The lowest BCUT2D eigenvalue weighted by atomic mass is 9.70. The summed E-state index contributed by atoms with van der Waals surface area (Å²) in [7, 11) is -3.17. The first-order valence-electron chi connectivity index (χ1n) is 8.12. The largest absolute Gasteiger partial charge is 0.223 e. The van der Waals surface area contributed by atoms with Gasteiger partial charge >= 0.3 is 0 Å². The maximum atomic E-state index is 13.0. The Morgan fingerprint density at radius 2 is 1.86 bits per heavy atom. The Hall–Kier alpha value is -1.09. The van der Waals surface area contributed by atoms with E-state index < -0.39 is 9.84 Å². The smallest absolute Gasteiger partial charge is 0.181 e. The Morgan fingerprint density at radius 1 is 1.05 bits per heavy atom. The average molecular weight is 300 g/mol. The van der Waals surface area contributed by atoms with Crippen LogP contribution in [-0.2, 0) is 9.84 Å². The van der Waals surface area contributed by atoms with Crippen molar-refractivity contribution in [2.24, 2.45) is 23.2 Å². The Labute approximate surface area is 126 Å². The summed E-state index contributed by atoms with van der Waals surface area (Å²) in [6.45, 7) is 0. The van der Waals surface area contributed by atoms with Gasteiger partial charge in [-0.3, -0.25) is 0 Å². The summed E-state index contributed by atoms with van der Waals surface area (Å²) >= 11 is 0. The number of allylic oxidation sites excluding steroid dienone is 2. The van der Waals surface area contributed by atoms with Crippen LogP contribution in [0, 0.1) is 23.2 Å². The summed E-state index contributed by atoms with van der Waals surface area (Å²) < 4.78 is 26.0. The third-order valence-electron chi connectivity index (χ3n) is 6.74. The number of hydrogen-bond donors (Lipinski definition) is 0. The minimum Gasteiger partial charge on any atom is -0.223 e. The van der Waals surface area contributed by atoms with Crippen molar-refractivity contribution >= 4 is 9.84 Å². The maximum Gasteiger partial charge on any atom is 0.181 e. The Kier molecular flexibility index (Phi) is 2.26. The van der Waals surface area contributed by atoms with Crippen LogP contribution in [0.2, 0.25) is 0 Å². The van der Waals surface area contributed by atoms with Crippen molar-refractivity contribution in [2.45, 2.75) is 42.2 Å². The molecule has 4 aliphatic carbocycles. The van der Waals surface area contributed by atoms with Crippen molar-refractivity contribution in [3.8, 4) is 0 Å². The van der Waals surface area contributed by atoms with Crippen LogP contribution >= 0.6 is 0 Å². The van der Waals surface area contributed by atoms with Crippen molar-refractivity contribution in [2.75, 3.05) is 0 Å². The number of rotatable bonds is 2. The van der Waals surface area contributed by atoms with Gasteiger partial charge < -0.3 is 0 Å². The lowest BCUT2D eigenvalue weighted by Gasteiger charge is -2.36. The molecule has 4 bridgehead atoms. The number of benzene rings is 1. The minimum absolute atomic E-state index is 0.178. The van der Waals surface area contributed by atoms with Gasteiger partial charge in [0.1, 0.15) is 0 Å². The molecule has 4 aliphatic rings. The van der Waals surface area contributed by atoms with Gasteiger partial charge in [0.25, 0.3) is 0 Å². The van der Waals surface area contributed by atoms with Crippen molar-refractivity contribution in [1.82, 2.24) is 0 Å². The van der Waals surface area contributed by atoms with E-state index in [0.29, 0.717) is 4.90 Å². The van der Waals surface area contributed by atoms with Gasteiger partial charge in [-0.2, -0.15) is 0 Å². The third kappa shape index (κ3) is 1.41. The van der Waals surface area contributed by atoms with Gasteiger partial charge in [0.05, 0.1) is 10.1 Å². The van der Waals surface area contributed by atoms with Crippen LogP contribution in [0.5, 0.6) is 0 Å². The Bertz CT molecular complexity index is 734. The van der Waals surface area contributed by atoms with Gasteiger partial charge in [0.15, 0.2) is 9.84 Å². The molecule has 0 unspecified atom stereocenters. The fourth-order valence-electron chi connectivity index (χ4n) is 5.95. The molecule has 3 saturated carbocycles. The van der Waals surface area contributed by atoms with E-state index in [1.807, 2.05) is 18.2 Å². The fraction of sp³-hybridized carbons (Fsp3) is 0.556. The predicted octanol–water partition coefficient (Wildman–Crippen LogP) is 3.60. The second-order valence-corrected chi connectivity index (χ2v) is 9.62. The summed E-state index contributed by atoms with van der Waals surface area (Å²) in [5.74, 6) is 1.84. The molecule has 0 heterocycles. The maximum absolute atomic E-state index is 13.0. The highest BCUT2D eigenvalue weighted by Gasteiger charge is 2.64. The molecule has 2 nitrogen and oxygen atoms in total. The fourth-order valence-corrected chi connectivity index (χ4v) is 7.98. The zero-order chi connectivity index (χ0) is 14.2. The van der Waals surface area contributed by atoms with Crippen LogP contribution in [0.1, 0.15) is 32.1 Å². The second kappa shape index (κ2) is 3.81. The van der Waals surface area contributed by atoms with Crippen LogP contribution in [-0.4, -0.2) is 13.7 Å². The van der Waals surface area contributed by atoms with Gasteiger partial charge in [-0.25, -0.2) is 8.42 Å². The lowest BCUT2D eigenvalue weighted by molar-refractivity contribution is 0.243. The first kappa shape index (κ1) is 12.5. The van der Waals surface area contributed by atoms with Gasteiger partial charge in [0.2, 0.25) is 0 Å². The molecule has 110 valence electrons. The van der Waals surface area contributed by atoms with Crippen LogP contribution < -0.4 is 0 Å².